The molecule has 0 saturated carbocycles. The molecular weight excluding hydrogens is 629 g/mol. The van der Waals surface area contributed by atoms with Gasteiger partial charge in [-0.15, -0.1) is 0 Å². The Balaban J connectivity index is 1.62. The summed E-state index contributed by atoms with van der Waals surface area (Å²) in [6.45, 7) is 6.83. The first kappa shape index (κ1) is 39.0. The summed E-state index contributed by atoms with van der Waals surface area (Å²) < 4.78 is 47.4. The summed E-state index contributed by atoms with van der Waals surface area (Å²) in [5, 5.41) is 8.16. The topological polar surface area (TPSA) is 160 Å². The fourth-order valence-electron chi connectivity index (χ4n) is 5.88. The van der Waals surface area contributed by atoms with Gasteiger partial charge in [-0.3, -0.25) is 4.79 Å². The Kier molecular flexibility index (Phi) is 16.3. The van der Waals surface area contributed by atoms with Gasteiger partial charge in [0.1, 0.15) is 24.6 Å². The second kappa shape index (κ2) is 20.1. The van der Waals surface area contributed by atoms with Crippen molar-refractivity contribution < 1.29 is 52.0 Å². The van der Waals surface area contributed by atoms with Crippen molar-refractivity contribution >= 4 is 24.1 Å². The second-order valence-electron chi connectivity index (χ2n) is 12.6. The lowest BCUT2D eigenvalue weighted by molar-refractivity contribution is -0.329. The lowest BCUT2D eigenvalue weighted by atomic mass is 9.90. The predicted molar refractivity (Wildman–Crippen MR) is 172 cm³/mol. The Bertz CT molecular complexity index is 1170. The molecule has 0 bridgehead atoms. The van der Waals surface area contributed by atoms with Crippen LogP contribution in [0.2, 0.25) is 0 Å². The number of rotatable bonds is 17. The highest BCUT2D eigenvalue weighted by Crippen LogP contribution is 2.41. The zero-order chi connectivity index (χ0) is 34.9. The molecule has 2 heterocycles. The van der Waals surface area contributed by atoms with E-state index in [2.05, 4.69) is 16.0 Å². The predicted octanol–water partition coefficient (Wildman–Crippen LogP) is 4.15. The number of ether oxygens (including phenoxy) is 6. The highest BCUT2D eigenvalue weighted by Gasteiger charge is 2.47. The molecule has 2 aliphatic heterocycles. The smallest absolute Gasteiger partial charge is 0.407 e. The number of alkyl carbamates (subject to hydrolysis) is 2. The van der Waals surface area contributed by atoms with Crippen molar-refractivity contribution in [3.05, 3.63) is 35.6 Å². The van der Waals surface area contributed by atoms with Gasteiger partial charge in [-0.05, 0) is 62.6 Å². The lowest BCUT2D eigenvalue weighted by Gasteiger charge is -2.47. The van der Waals surface area contributed by atoms with Crippen LogP contribution in [0.15, 0.2) is 24.3 Å². The highest BCUT2D eigenvalue weighted by molar-refractivity contribution is 5.84. The molecular formula is C34H52FN3O10. The first-order chi connectivity index (χ1) is 23.0. The quantitative estimate of drug-likeness (QED) is 0.124. The normalized spacial score (nSPS) is 22.8. The summed E-state index contributed by atoms with van der Waals surface area (Å²) in [7, 11) is 1.54. The number of hydrogen-bond donors (Lipinski definition) is 3. The molecule has 270 valence electrons. The average molecular weight is 682 g/mol. The van der Waals surface area contributed by atoms with E-state index in [1.165, 1.54) is 19.2 Å². The van der Waals surface area contributed by atoms with Crippen molar-refractivity contribution in [1.29, 1.82) is 0 Å². The summed E-state index contributed by atoms with van der Waals surface area (Å²) in [5.74, 6) is -2.06. The fraction of sp³-hybridized carbons (Fsp3) is 0.706. The summed E-state index contributed by atoms with van der Waals surface area (Å²) in [6.07, 6.45) is 1.08. The van der Waals surface area contributed by atoms with Gasteiger partial charge in [0.15, 0.2) is 5.79 Å². The Hall–Kier alpha value is -3.49. The van der Waals surface area contributed by atoms with E-state index in [0.29, 0.717) is 58.2 Å². The van der Waals surface area contributed by atoms with Crippen LogP contribution in [0.4, 0.5) is 14.0 Å². The van der Waals surface area contributed by atoms with Crippen LogP contribution in [0.3, 0.4) is 0 Å². The second-order valence-corrected chi connectivity index (χ2v) is 12.6. The van der Waals surface area contributed by atoms with E-state index in [0.717, 1.165) is 12.0 Å². The number of benzene rings is 1. The highest BCUT2D eigenvalue weighted by atomic mass is 19.1. The van der Waals surface area contributed by atoms with Crippen LogP contribution in [0.5, 0.6) is 0 Å². The molecule has 48 heavy (non-hydrogen) atoms. The number of hydrogen-bond acceptors (Lipinski definition) is 10. The van der Waals surface area contributed by atoms with Crippen LogP contribution in [0, 0.1) is 11.7 Å². The maximum absolute atomic E-state index is 13.2. The third kappa shape index (κ3) is 13.9. The van der Waals surface area contributed by atoms with E-state index in [1.54, 1.807) is 19.1 Å². The van der Waals surface area contributed by atoms with Crippen molar-refractivity contribution in [2.24, 2.45) is 5.92 Å². The van der Waals surface area contributed by atoms with Crippen molar-refractivity contribution in [3.8, 4) is 0 Å². The zero-order valence-electron chi connectivity index (χ0n) is 28.6. The van der Waals surface area contributed by atoms with Crippen molar-refractivity contribution in [3.63, 3.8) is 0 Å². The van der Waals surface area contributed by atoms with Gasteiger partial charge >= 0.3 is 18.2 Å². The first-order valence-electron chi connectivity index (χ1n) is 16.9. The zero-order valence-corrected chi connectivity index (χ0v) is 28.6. The molecule has 1 spiro atoms. The SMILES string of the molecule is CCOC(=O)[C@H](CC(C)C)NC(=O)CCC1CC(OC(=O)NCCc2ccc(F)cc2)CC2(CCCC(COC(=O)NCCOC)O2)O1. The van der Waals surface area contributed by atoms with E-state index >= 15 is 0 Å². The minimum absolute atomic E-state index is 0.0114. The number of methoxy groups -OCH3 is 1. The van der Waals surface area contributed by atoms with Crippen LogP contribution in [-0.4, -0.2) is 94.2 Å². The molecule has 2 fully saturated rings. The molecule has 3 amide bonds. The summed E-state index contributed by atoms with van der Waals surface area (Å²) in [6, 6.07) is 5.31. The molecule has 3 rings (SSSR count). The molecule has 0 aliphatic carbocycles. The standard InChI is InChI=1S/C34H52FN3O10/c1-5-44-31(40)29(19-23(2)3)38-30(39)13-12-26-20-28(46-33(42)36-16-14-24-8-10-25(35)11-9-24)21-34(47-26)15-6-7-27(48-34)22-45-32(41)37-17-18-43-4/h8-11,23,26-29H,5-7,12-22H2,1-4H3,(H,36,42)(H,37,41)(H,38,39)/t26?,27?,28?,29-,34?/m0/s1. The van der Waals surface area contributed by atoms with Gasteiger partial charge in [0.25, 0.3) is 0 Å². The maximum Gasteiger partial charge on any atom is 0.407 e. The van der Waals surface area contributed by atoms with E-state index in [4.69, 9.17) is 28.4 Å². The number of carbonyl (C=O) groups is 4. The van der Waals surface area contributed by atoms with Crippen LogP contribution in [0.1, 0.15) is 77.7 Å². The molecule has 5 atom stereocenters. The molecule has 2 aliphatic rings. The van der Waals surface area contributed by atoms with Crippen LogP contribution in [0.25, 0.3) is 0 Å². The molecule has 13 nitrogen and oxygen atoms in total. The van der Waals surface area contributed by atoms with Gasteiger partial charge in [0.2, 0.25) is 5.91 Å². The van der Waals surface area contributed by atoms with Gasteiger partial charge in [0, 0.05) is 45.9 Å². The van der Waals surface area contributed by atoms with Crippen LogP contribution >= 0.6 is 0 Å². The van der Waals surface area contributed by atoms with Gasteiger partial charge < -0.3 is 44.4 Å². The number of amides is 3. The van der Waals surface area contributed by atoms with Gasteiger partial charge in [0.05, 0.1) is 25.4 Å². The summed E-state index contributed by atoms with van der Waals surface area (Å²) in [5.41, 5.74) is 0.870. The molecule has 14 heteroatoms. The summed E-state index contributed by atoms with van der Waals surface area (Å²) >= 11 is 0. The Morgan fingerprint density at radius 3 is 2.46 bits per heavy atom. The lowest BCUT2D eigenvalue weighted by Crippen LogP contribution is -2.54. The van der Waals surface area contributed by atoms with Crippen molar-refractivity contribution in [2.45, 2.75) is 109 Å². The third-order valence-electron chi connectivity index (χ3n) is 8.06. The summed E-state index contributed by atoms with van der Waals surface area (Å²) in [4.78, 5) is 50.3. The van der Waals surface area contributed by atoms with Crippen molar-refractivity contribution in [1.82, 2.24) is 16.0 Å². The monoisotopic (exact) mass is 681 g/mol. The number of halogens is 1. The third-order valence-corrected chi connectivity index (χ3v) is 8.06. The van der Waals surface area contributed by atoms with E-state index in [1.807, 2.05) is 13.8 Å². The number of carbonyl (C=O) groups excluding carboxylic acids is 4. The van der Waals surface area contributed by atoms with Crippen molar-refractivity contribution in [2.75, 3.05) is 40.0 Å². The molecule has 1 aromatic carbocycles. The molecule has 4 unspecified atom stereocenters. The largest absolute Gasteiger partial charge is 0.464 e. The molecule has 2 saturated heterocycles. The van der Waals surface area contributed by atoms with E-state index in [-0.39, 0.29) is 43.7 Å². The fourth-order valence-corrected chi connectivity index (χ4v) is 5.88. The molecule has 3 N–H and O–H groups in total. The average Bonchev–Trinajstić information content (AvgIpc) is 3.03. The van der Waals surface area contributed by atoms with Gasteiger partial charge in [-0.2, -0.15) is 0 Å². The minimum Gasteiger partial charge on any atom is -0.464 e. The maximum atomic E-state index is 13.2. The Labute approximate surface area is 282 Å². The van der Waals surface area contributed by atoms with Crippen LogP contribution in [-0.2, 0) is 44.4 Å². The van der Waals surface area contributed by atoms with E-state index < -0.39 is 48.3 Å². The number of esters is 1. The van der Waals surface area contributed by atoms with Gasteiger partial charge in [-0.25, -0.2) is 18.8 Å². The Morgan fingerprint density at radius 1 is 1.02 bits per heavy atom. The molecule has 0 aromatic heterocycles. The molecule has 0 radical (unpaired) electrons. The Morgan fingerprint density at radius 2 is 1.75 bits per heavy atom. The van der Waals surface area contributed by atoms with Gasteiger partial charge in [-0.1, -0.05) is 26.0 Å². The number of nitrogens with one attached hydrogen (secondary N) is 3. The minimum atomic E-state index is -1.11. The van der Waals surface area contributed by atoms with E-state index in [9.17, 15) is 23.6 Å². The molecule has 1 aromatic rings. The first-order valence-corrected chi connectivity index (χ1v) is 16.9. The van der Waals surface area contributed by atoms with Crippen LogP contribution < -0.4 is 16.0 Å².